The first-order valence-corrected chi connectivity index (χ1v) is 7.58. The molecule has 132 valence electrons. The Bertz CT molecular complexity index is 494. The molecule has 1 aliphatic rings. The third kappa shape index (κ3) is 6.18. The molecule has 1 saturated heterocycles. The van der Waals surface area contributed by atoms with E-state index in [0.29, 0.717) is 6.04 Å². The van der Waals surface area contributed by atoms with Crippen molar-refractivity contribution >= 4 is 30.8 Å². The lowest BCUT2D eigenvalue weighted by atomic mass is 9.99. The van der Waals surface area contributed by atoms with Crippen LogP contribution in [0.4, 0.5) is 0 Å². The molecule has 0 radical (unpaired) electrons. The van der Waals surface area contributed by atoms with Gasteiger partial charge in [-0.05, 0) is 24.1 Å². The van der Waals surface area contributed by atoms with E-state index < -0.39 is 5.97 Å². The third-order valence-corrected chi connectivity index (χ3v) is 3.78. The number of phenols is 1. The molecule has 23 heavy (non-hydrogen) atoms. The van der Waals surface area contributed by atoms with Crippen molar-refractivity contribution in [2.75, 3.05) is 26.2 Å². The monoisotopic (exact) mass is 364 g/mol. The molecule has 0 amide bonds. The summed E-state index contributed by atoms with van der Waals surface area (Å²) in [6.45, 7) is 7.51. The largest absolute Gasteiger partial charge is 0.504 e. The number of benzene rings is 1. The van der Waals surface area contributed by atoms with Gasteiger partial charge in [-0.25, -0.2) is 0 Å². The smallest absolute Gasteiger partial charge is 0.308 e. The normalized spacial score (nSPS) is 15.9. The van der Waals surface area contributed by atoms with Crippen LogP contribution in [0.15, 0.2) is 18.2 Å². The Labute approximate surface area is 150 Å². The number of ether oxygens (including phenoxy) is 1. The van der Waals surface area contributed by atoms with Crippen LogP contribution in [0.1, 0.15) is 38.3 Å². The molecule has 0 spiro atoms. The average molecular weight is 365 g/mol. The maximum Gasteiger partial charge on any atom is 0.308 e. The number of phenolic OH excluding ortho intramolecular Hbond substituents is 1. The van der Waals surface area contributed by atoms with Crippen molar-refractivity contribution in [3.8, 4) is 11.5 Å². The highest BCUT2D eigenvalue weighted by Gasteiger charge is 2.22. The number of carbonyl (C=O) groups is 1. The van der Waals surface area contributed by atoms with Gasteiger partial charge in [0.25, 0.3) is 0 Å². The van der Waals surface area contributed by atoms with Crippen molar-refractivity contribution in [2.45, 2.75) is 32.7 Å². The van der Waals surface area contributed by atoms with Crippen LogP contribution in [0.3, 0.4) is 0 Å². The fourth-order valence-corrected chi connectivity index (χ4v) is 2.81. The summed E-state index contributed by atoms with van der Waals surface area (Å²) in [5.74, 6) is -0.175. The summed E-state index contributed by atoms with van der Waals surface area (Å²) in [7, 11) is 0. The van der Waals surface area contributed by atoms with Gasteiger partial charge in [0.15, 0.2) is 11.5 Å². The zero-order valence-corrected chi connectivity index (χ0v) is 15.2. The van der Waals surface area contributed by atoms with E-state index in [2.05, 4.69) is 17.1 Å². The Kier molecular flexibility index (Phi) is 10.2. The van der Waals surface area contributed by atoms with Crippen LogP contribution < -0.4 is 10.1 Å². The summed E-state index contributed by atoms with van der Waals surface area (Å²) >= 11 is 0. The molecular formula is C16H26Cl2N2O3. The fraction of sp³-hybridized carbons (Fsp3) is 0.562. The predicted octanol–water partition coefficient (Wildman–Crippen LogP) is 2.91. The second-order valence-electron chi connectivity index (χ2n) is 5.41. The summed E-state index contributed by atoms with van der Waals surface area (Å²) in [5, 5.41) is 13.4. The van der Waals surface area contributed by atoms with Gasteiger partial charge in [0, 0.05) is 39.1 Å². The Balaban J connectivity index is 0.00000242. The van der Waals surface area contributed by atoms with Gasteiger partial charge >= 0.3 is 5.97 Å². The Hall–Kier alpha value is -1.01. The van der Waals surface area contributed by atoms with Crippen LogP contribution in [-0.2, 0) is 4.79 Å². The number of piperazine rings is 1. The van der Waals surface area contributed by atoms with E-state index in [1.54, 1.807) is 12.1 Å². The Morgan fingerprint density at radius 1 is 1.35 bits per heavy atom. The lowest BCUT2D eigenvalue weighted by Crippen LogP contribution is -2.45. The third-order valence-electron chi connectivity index (χ3n) is 3.78. The molecule has 2 rings (SSSR count). The lowest BCUT2D eigenvalue weighted by Gasteiger charge is -2.35. The first kappa shape index (κ1) is 22.0. The van der Waals surface area contributed by atoms with Crippen molar-refractivity contribution in [3.05, 3.63) is 23.8 Å². The minimum Gasteiger partial charge on any atom is -0.504 e. The zero-order chi connectivity index (χ0) is 15.2. The van der Waals surface area contributed by atoms with Crippen molar-refractivity contribution in [1.82, 2.24) is 10.2 Å². The standard InChI is InChI=1S/C16H24N2O3.2ClH/c1-3-4-14(18-9-7-17-8-10-18)13-5-6-16(15(20)11-13)21-12(2)19;;/h5-6,11,14,17,20H,3-4,7-10H2,1-2H3;2*1H/t14-;;/m0../s1. The van der Waals surface area contributed by atoms with Crippen molar-refractivity contribution in [1.29, 1.82) is 0 Å². The number of nitrogens with one attached hydrogen (secondary N) is 1. The van der Waals surface area contributed by atoms with Gasteiger partial charge in [-0.15, -0.1) is 24.8 Å². The predicted molar refractivity (Wildman–Crippen MR) is 96.0 cm³/mol. The lowest BCUT2D eigenvalue weighted by molar-refractivity contribution is -0.132. The molecule has 2 N–H and O–H groups in total. The van der Waals surface area contributed by atoms with E-state index in [9.17, 15) is 9.90 Å². The highest BCUT2D eigenvalue weighted by Crippen LogP contribution is 2.33. The van der Waals surface area contributed by atoms with Gasteiger partial charge in [-0.2, -0.15) is 0 Å². The van der Waals surface area contributed by atoms with Crippen molar-refractivity contribution in [3.63, 3.8) is 0 Å². The topological polar surface area (TPSA) is 61.8 Å². The Morgan fingerprint density at radius 2 is 2.00 bits per heavy atom. The second-order valence-corrected chi connectivity index (χ2v) is 5.41. The molecule has 5 nitrogen and oxygen atoms in total. The molecule has 7 heteroatoms. The van der Waals surface area contributed by atoms with E-state index >= 15 is 0 Å². The maximum atomic E-state index is 11.0. The quantitative estimate of drug-likeness (QED) is 0.621. The summed E-state index contributed by atoms with van der Waals surface area (Å²) < 4.78 is 4.97. The number of halogens is 2. The van der Waals surface area contributed by atoms with Gasteiger partial charge in [-0.3, -0.25) is 9.69 Å². The summed E-state index contributed by atoms with van der Waals surface area (Å²) in [5.41, 5.74) is 1.08. The van der Waals surface area contributed by atoms with E-state index in [1.807, 2.05) is 6.07 Å². The molecule has 1 aliphatic heterocycles. The van der Waals surface area contributed by atoms with Gasteiger partial charge in [0.2, 0.25) is 0 Å². The van der Waals surface area contributed by atoms with Crippen molar-refractivity contribution < 1.29 is 14.6 Å². The Morgan fingerprint density at radius 3 is 2.52 bits per heavy atom. The van der Waals surface area contributed by atoms with Crippen LogP contribution >= 0.6 is 24.8 Å². The molecule has 1 heterocycles. The van der Waals surface area contributed by atoms with E-state index in [1.165, 1.54) is 6.92 Å². The maximum absolute atomic E-state index is 11.0. The molecule has 0 unspecified atom stereocenters. The number of nitrogens with zero attached hydrogens (tertiary/aromatic N) is 1. The van der Waals surface area contributed by atoms with Gasteiger partial charge in [0.1, 0.15) is 0 Å². The number of esters is 1. The molecule has 0 aliphatic carbocycles. The van der Waals surface area contributed by atoms with Crippen LogP contribution in [0.25, 0.3) is 0 Å². The molecule has 0 bridgehead atoms. The molecule has 1 atom stereocenters. The van der Waals surface area contributed by atoms with Crippen LogP contribution in [0, 0.1) is 0 Å². The first-order chi connectivity index (χ1) is 10.1. The van der Waals surface area contributed by atoms with Crippen LogP contribution in [0.2, 0.25) is 0 Å². The van der Waals surface area contributed by atoms with Crippen LogP contribution in [-0.4, -0.2) is 42.2 Å². The van der Waals surface area contributed by atoms with Crippen LogP contribution in [0.5, 0.6) is 11.5 Å². The summed E-state index contributed by atoms with van der Waals surface area (Å²) in [6, 6.07) is 5.65. The summed E-state index contributed by atoms with van der Waals surface area (Å²) in [6.07, 6.45) is 2.13. The number of carbonyl (C=O) groups excluding carboxylic acids is 1. The zero-order valence-electron chi connectivity index (χ0n) is 13.6. The van der Waals surface area contributed by atoms with E-state index in [-0.39, 0.29) is 36.3 Å². The van der Waals surface area contributed by atoms with Gasteiger partial charge in [-0.1, -0.05) is 19.4 Å². The summed E-state index contributed by atoms with van der Waals surface area (Å²) in [4.78, 5) is 13.4. The highest BCUT2D eigenvalue weighted by atomic mass is 35.5. The SMILES string of the molecule is CCC[C@@H](c1ccc(OC(C)=O)c(O)c1)N1CCNCC1.Cl.Cl. The van der Waals surface area contributed by atoms with Crippen molar-refractivity contribution in [2.24, 2.45) is 0 Å². The molecule has 0 aromatic heterocycles. The number of rotatable bonds is 5. The average Bonchev–Trinajstić information content (AvgIpc) is 2.47. The highest BCUT2D eigenvalue weighted by molar-refractivity contribution is 5.85. The first-order valence-electron chi connectivity index (χ1n) is 7.58. The molecule has 0 saturated carbocycles. The minimum absolute atomic E-state index is 0. The van der Waals surface area contributed by atoms with E-state index in [0.717, 1.165) is 44.6 Å². The minimum atomic E-state index is -0.426. The van der Waals surface area contributed by atoms with E-state index in [4.69, 9.17) is 4.74 Å². The molecule has 1 aromatic rings. The molecule has 1 aromatic carbocycles. The fourth-order valence-electron chi connectivity index (χ4n) is 2.81. The second kappa shape index (κ2) is 10.7. The van der Waals surface area contributed by atoms with Gasteiger partial charge in [0.05, 0.1) is 0 Å². The number of hydrogen-bond acceptors (Lipinski definition) is 5. The van der Waals surface area contributed by atoms with Gasteiger partial charge < -0.3 is 15.2 Å². The number of aromatic hydroxyl groups is 1. The number of hydrogen-bond donors (Lipinski definition) is 2. The molecular weight excluding hydrogens is 339 g/mol. The molecule has 1 fully saturated rings.